The molecule has 3 aliphatic carbocycles. The molecule has 2 amide bonds. The zero-order chi connectivity index (χ0) is 24.4. The van der Waals surface area contributed by atoms with Crippen LogP contribution in [0.4, 0.5) is 4.79 Å². The van der Waals surface area contributed by atoms with Crippen LogP contribution >= 0.6 is 0 Å². The van der Waals surface area contributed by atoms with E-state index in [9.17, 15) is 19.5 Å². The van der Waals surface area contributed by atoms with Gasteiger partial charge in [0.15, 0.2) is 0 Å². The number of carbonyl (C=O) groups is 3. The predicted molar refractivity (Wildman–Crippen MR) is 131 cm³/mol. The summed E-state index contributed by atoms with van der Waals surface area (Å²) in [6.07, 6.45) is 4.43. The summed E-state index contributed by atoms with van der Waals surface area (Å²) in [6.45, 7) is 0.582. The highest BCUT2D eigenvalue weighted by Crippen LogP contribution is 2.44. The Kier molecular flexibility index (Phi) is 6.75. The Balaban J connectivity index is 1.20. The van der Waals surface area contributed by atoms with Gasteiger partial charge in [-0.25, -0.2) is 4.79 Å². The van der Waals surface area contributed by atoms with Gasteiger partial charge in [-0.1, -0.05) is 55.0 Å². The zero-order valence-electron chi connectivity index (χ0n) is 19.8. The maximum atomic E-state index is 13.3. The number of hydrogen-bond donors (Lipinski definition) is 2. The van der Waals surface area contributed by atoms with Crippen molar-refractivity contribution in [3.63, 3.8) is 0 Å². The van der Waals surface area contributed by atoms with Gasteiger partial charge in [0.1, 0.15) is 13.2 Å². The summed E-state index contributed by atoms with van der Waals surface area (Å²) in [7, 11) is 0. The molecule has 2 aromatic rings. The van der Waals surface area contributed by atoms with Crippen LogP contribution < -0.4 is 5.32 Å². The third-order valence-electron chi connectivity index (χ3n) is 7.66. The highest BCUT2D eigenvalue weighted by atomic mass is 16.5. The molecule has 35 heavy (non-hydrogen) atoms. The number of amides is 2. The molecular weight excluding hydrogens is 444 g/mol. The Morgan fingerprint density at radius 2 is 1.60 bits per heavy atom. The Bertz CT molecular complexity index is 1060. The van der Waals surface area contributed by atoms with E-state index >= 15 is 0 Å². The van der Waals surface area contributed by atoms with E-state index < -0.39 is 18.0 Å². The Morgan fingerprint density at radius 3 is 2.14 bits per heavy atom. The number of nitrogens with one attached hydrogen (secondary N) is 1. The molecule has 0 spiro atoms. The Morgan fingerprint density at radius 1 is 0.971 bits per heavy atom. The number of ether oxygens (including phenoxy) is 1. The van der Waals surface area contributed by atoms with Crippen LogP contribution in [0.2, 0.25) is 0 Å². The summed E-state index contributed by atoms with van der Waals surface area (Å²) in [4.78, 5) is 38.8. The van der Waals surface area contributed by atoms with Crippen molar-refractivity contribution < 1.29 is 24.2 Å². The second-order valence-electron chi connectivity index (χ2n) is 10.1. The lowest BCUT2D eigenvalue weighted by Crippen LogP contribution is -2.48. The molecule has 0 heterocycles. The number of benzene rings is 2. The molecule has 3 aliphatic rings. The van der Waals surface area contributed by atoms with Crippen molar-refractivity contribution in [3.05, 3.63) is 59.7 Å². The summed E-state index contributed by atoms with van der Waals surface area (Å²) in [5, 5.41) is 12.1. The molecule has 2 saturated carbocycles. The van der Waals surface area contributed by atoms with Crippen molar-refractivity contribution in [3.8, 4) is 11.1 Å². The lowest BCUT2D eigenvalue weighted by Gasteiger charge is -2.36. The number of alkyl carbamates (subject to hydrolysis) is 1. The minimum absolute atomic E-state index is 0.0261. The first-order valence-electron chi connectivity index (χ1n) is 12.6. The second-order valence-corrected chi connectivity index (χ2v) is 10.1. The average molecular weight is 477 g/mol. The molecule has 0 bridgehead atoms. The fraction of sp³-hybridized carbons (Fsp3) is 0.464. The van der Waals surface area contributed by atoms with Crippen LogP contribution in [0.1, 0.15) is 49.1 Å². The topological polar surface area (TPSA) is 95.9 Å². The standard InChI is InChI=1S/C28H32N2O5/c31-26(32)16-30(15-18-12-13-18)27(33)24(19-6-5-7-19)14-29-28(34)35-17-25-22-10-3-1-8-20(22)21-9-2-4-11-23(21)25/h1-4,8-11,18-19,24-25H,5-7,12-17H2,(H,29,34)(H,31,32). The first kappa shape index (κ1) is 23.4. The average Bonchev–Trinajstić information content (AvgIpc) is 3.58. The summed E-state index contributed by atoms with van der Waals surface area (Å²) in [6, 6.07) is 16.3. The summed E-state index contributed by atoms with van der Waals surface area (Å²) in [5.74, 6) is -1.04. The van der Waals surface area contributed by atoms with Crippen molar-refractivity contribution in [1.29, 1.82) is 0 Å². The van der Waals surface area contributed by atoms with E-state index in [1.165, 1.54) is 16.0 Å². The molecular formula is C28H32N2O5. The Hall–Kier alpha value is -3.35. The van der Waals surface area contributed by atoms with E-state index in [-0.39, 0.29) is 37.4 Å². The van der Waals surface area contributed by atoms with Gasteiger partial charge in [-0.15, -0.1) is 0 Å². The largest absolute Gasteiger partial charge is 0.480 e. The normalized spacial score (nSPS) is 17.6. The smallest absolute Gasteiger partial charge is 0.407 e. The quantitative estimate of drug-likeness (QED) is 0.534. The summed E-state index contributed by atoms with van der Waals surface area (Å²) in [5.41, 5.74) is 4.63. The van der Waals surface area contributed by atoms with Crippen LogP contribution in [0.25, 0.3) is 11.1 Å². The first-order chi connectivity index (χ1) is 17.0. The van der Waals surface area contributed by atoms with Gasteiger partial charge in [-0.3, -0.25) is 9.59 Å². The number of aliphatic carboxylic acids is 1. The van der Waals surface area contributed by atoms with Gasteiger partial charge in [0.25, 0.3) is 0 Å². The van der Waals surface area contributed by atoms with Crippen LogP contribution in [0.3, 0.4) is 0 Å². The van der Waals surface area contributed by atoms with Crippen molar-refractivity contribution in [2.24, 2.45) is 17.8 Å². The van der Waals surface area contributed by atoms with Crippen LogP contribution in [0, 0.1) is 17.8 Å². The fourth-order valence-electron chi connectivity index (χ4n) is 5.38. The van der Waals surface area contributed by atoms with Gasteiger partial charge in [-0.05, 0) is 59.8 Å². The molecule has 7 heteroatoms. The van der Waals surface area contributed by atoms with Crippen molar-refractivity contribution >= 4 is 18.0 Å². The van der Waals surface area contributed by atoms with Gasteiger partial charge in [-0.2, -0.15) is 0 Å². The number of carboxylic acid groups (broad SMARTS) is 1. The molecule has 2 N–H and O–H groups in total. The number of fused-ring (bicyclic) bond motifs is 3. The number of carboxylic acids is 1. The van der Waals surface area contributed by atoms with Crippen LogP contribution in [0.15, 0.2) is 48.5 Å². The number of carbonyl (C=O) groups excluding carboxylic acids is 2. The SMILES string of the molecule is O=C(O)CN(CC1CC1)C(=O)C(CNC(=O)OCC1c2ccccc2-c2ccccc21)C1CCC1. The number of hydrogen-bond acceptors (Lipinski definition) is 4. The molecule has 2 fully saturated rings. The minimum atomic E-state index is -1.00. The van der Waals surface area contributed by atoms with Crippen LogP contribution in [0.5, 0.6) is 0 Å². The van der Waals surface area contributed by atoms with Gasteiger partial charge >= 0.3 is 12.1 Å². The van der Waals surface area contributed by atoms with Gasteiger partial charge < -0.3 is 20.1 Å². The van der Waals surface area contributed by atoms with Crippen LogP contribution in [-0.2, 0) is 14.3 Å². The third kappa shape index (κ3) is 5.19. The van der Waals surface area contributed by atoms with Crippen LogP contribution in [-0.4, -0.2) is 54.2 Å². The van der Waals surface area contributed by atoms with Crippen molar-refractivity contribution in [1.82, 2.24) is 10.2 Å². The molecule has 2 aromatic carbocycles. The predicted octanol–water partition coefficient (Wildman–Crippen LogP) is 4.26. The number of nitrogens with zero attached hydrogens (tertiary/aromatic N) is 1. The lowest BCUT2D eigenvalue weighted by molar-refractivity contribution is -0.148. The third-order valence-corrected chi connectivity index (χ3v) is 7.66. The van der Waals surface area contributed by atoms with Crippen molar-refractivity contribution in [2.75, 3.05) is 26.2 Å². The monoisotopic (exact) mass is 476 g/mol. The van der Waals surface area contributed by atoms with E-state index in [0.717, 1.165) is 43.2 Å². The summed E-state index contributed by atoms with van der Waals surface area (Å²) < 4.78 is 5.63. The lowest BCUT2D eigenvalue weighted by atomic mass is 9.75. The highest BCUT2D eigenvalue weighted by molar-refractivity contribution is 5.84. The Labute approximate surface area is 205 Å². The highest BCUT2D eigenvalue weighted by Gasteiger charge is 2.38. The first-order valence-corrected chi connectivity index (χ1v) is 12.6. The second kappa shape index (κ2) is 10.1. The minimum Gasteiger partial charge on any atom is -0.480 e. The molecule has 1 unspecified atom stereocenters. The summed E-state index contributed by atoms with van der Waals surface area (Å²) >= 11 is 0. The van der Waals surface area contributed by atoms with Crippen molar-refractivity contribution in [2.45, 2.75) is 38.0 Å². The maximum Gasteiger partial charge on any atom is 0.407 e. The molecule has 0 saturated heterocycles. The van der Waals surface area contributed by atoms with E-state index in [1.807, 2.05) is 24.3 Å². The molecule has 0 aromatic heterocycles. The van der Waals surface area contributed by atoms with E-state index in [0.29, 0.717) is 12.5 Å². The number of rotatable bonds is 10. The molecule has 184 valence electrons. The molecule has 5 rings (SSSR count). The van der Waals surface area contributed by atoms with Gasteiger partial charge in [0.2, 0.25) is 5.91 Å². The van der Waals surface area contributed by atoms with Gasteiger partial charge in [0.05, 0.1) is 5.92 Å². The molecule has 0 radical (unpaired) electrons. The van der Waals surface area contributed by atoms with E-state index in [2.05, 4.69) is 29.6 Å². The van der Waals surface area contributed by atoms with E-state index in [4.69, 9.17) is 4.74 Å². The zero-order valence-corrected chi connectivity index (χ0v) is 19.8. The molecule has 0 aliphatic heterocycles. The maximum absolute atomic E-state index is 13.3. The molecule has 7 nitrogen and oxygen atoms in total. The fourth-order valence-corrected chi connectivity index (χ4v) is 5.38. The van der Waals surface area contributed by atoms with E-state index in [1.54, 1.807) is 0 Å². The molecule has 1 atom stereocenters. The van der Waals surface area contributed by atoms with Gasteiger partial charge in [0, 0.05) is 19.0 Å².